The first-order valence-electron chi connectivity index (χ1n) is 12.5. The molecule has 0 N–H and O–H groups in total. The summed E-state index contributed by atoms with van der Waals surface area (Å²) in [5.74, 6) is -0.258. The van der Waals surface area contributed by atoms with Crippen molar-refractivity contribution in [3.8, 4) is 22.3 Å². The van der Waals surface area contributed by atoms with Crippen LogP contribution in [0.15, 0.2) is 109 Å². The van der Waals surface area contributed by atoms with Gasteiger partial charge in [0, 0.05) is 16.7 Å². The van der Waals surface area contributed by atoms with E-state index in [-0.39, 0.29) is 5.97 Å². The molecule has 1 heterocycles. The number of carbonyl (C=O) groups excluding carboxylic acids is 1. The number of hydrogen-bond donors (Lipinski definition) is 0. The summed E-state index contributed by atoms with van der Waals surface area (Å²) in [6.45, 7) is 0. The van der Waals surface area contributed by atoms with Gasteiger partial charge in [-0.05, 0) is 63.4 Å². The second kappa shape index (κ2) is 7.05. The lowest BCUT2D eigenvalue weighted by molar-refractivity contribution is 0.0248. The second-order valence-corrected chi connectivity index (χ2v) is 9.95. The van der Waals surface area contributed by atoms with E-state index in [1.807, 2.05) is 18.2 Å². The van der Waals surface area contributed by atoms with Crippen LogP contribution in [-0.4, -0.2) is 5.97 Å². The van der Waals surface area contributed by atoms with Crippen LogP contribution in [0.25, 0.3) is 22.3 Å². The molecule has 0 amide bonds. The maximum atomic E-state index is 13.4. The number of hydrogen-bond acceptors (Lipinski definition) is 2. The third-order valence-electron chi connectivity index (χ3n) is 8.23. The average molecular weight is 463 g/mol. The van der Waals surface area contributed by atoms with Gasteiger partial charge in [0.15, 0.2) is 5.60 Å². The summed E-state index contributed by atoms with van der Waals surface area (Å²) in [5, 5.41) is 0. The Morgan fingerprint density at radius 3 is 1.50 bits per heavy atom. The van der Waals surface area contributed by atoms with Crippen LogP contribution in [0.1, 0.15) is 49.3 Å². The van der Waals surface area contributed by atoms with Gasteiger partial charge in [0.2, 0.25) is 0 Å². The van der Waals surface area contributed by atoms with Crippen LogP contribution in [-0.2, 0) is 23.2 Å². The highest BCUT2D eigenvalue weighted by molar-refractivity contribution is 5.97. The topological polar surface area (TPSA) is 26.3 Å². The van der Waals surface area contributed by atoms with Crippen molar-refractivity contribution in [1.29, 1.82) is 0 Å². The second-order valence-electron chi connectivity index (χ2n) is 9.95. The van der Waals surface area contributed by atoms with Gasteiger partial charge >= 0.3 is 5.97 Å². The van der Waals surface area contributed by atoms with Crippen molar-refractivity contribution < 1.29 is 9.53 Å². The largest absolute Gasteiger partial charge is 0.441 e. The lowest BCUT2D eigenvalue weighted by Gasteiger charge is -2.34. The van der Waals surface area contributed by atoms with E-state index in [1.54, 1.807) is 0 Å². The SMILES string of the molecule is O=C1OC(c2cccc3c2Cc2ccccc2-3)(c2cccc3c2Cc2ccccc2-3)c2ccccc21. The fourth-order valence-electron chi connectivity index (χ4n) is 6.74. The molecule has 0 saturated heterocycles. The van der Waals surface area contributed by atoms with Crippen LogP contribution in [0, 0.1) is 0 Å². The minimum atomic E-state index is -0.992. The Bertz CT molecular complexity index is 1650. The fourth-order valence-corrected chi connectivity index (χ4v) is 6.74. The minimum Gasteiger partial charge on any atom is -0.441 e. The Morgan fingerprint density at radius 2 is 0.917 bits per heavy atom. The number of fused-ring (bicyclic) bond motifs is 7. The molecule has 0 saturated carbocycles. The van der Waals surface area contributed by atoms with Crippen molar-refractivity contribution in [1.82, 2.24) is 0 Å². The summed E-state index contributed by atoms with van der Waals surface area (Å²) in [4.78, 5) is 13.4. The third kappa shape index (κ3) is 2.43. The molecule has 0 radical (unpaired) electrons. The molecule has 2 heteroatoms. The average Bonchev–Trinajstić information content (AvgIpc) is 3.59. The summed E-state index contributed by atoms with van der Waals surface area (Å²) in [6.07, 6.45) is 1.66. The lowest BCUT2D eigenvalue weighted by atomic mass is 9.75. The van der Waals surface area contributed by atoms with Crippen molar-refractivity contribution in [3.05, 3.63) is 154 Å². The van der Waals surface area contributed by atoms with E-state index < -0.39 is 5.60 Å². The van der Waals surface area contributed by atoms with Gasteiger partial charge in [-0.3, -0.25) is 0 Å². The first-order valence-corrected chi connectivity index (χ1v) is 12.5. The highest BCUT2D eigenvalue weighted by atomic mass is 16.6. The number of rotatable bonds is 2. The van der Waals surface area contributed by atoms with Crippen molar-refractivity contribution in [3.63, 3.8) is 0 Å². The number of esters is 1. The van der Waals surface area contributed by atoms with E-state index in [4.69, 9.17) is 4.74 Å². The summed E-state index contributed by atoms with van der Waals surface area (Å²) < 4.78 is 6.60. The molecule has 170 valence electrons. The van der Waals surface area contributed by atoms with Crippen LogP contribution < -0.4 is 0 Å². The molecule has 0 bridgehead atoms. The third-order valence-corrected chi connectivity index (χ3v) is 8.23. The van der Waals surface area contributed by atoms with Crippen LogP contribution in [0.4, 0.5) is 0 Å². The van der Waals surface area contributed by atoms with Gasteiger partial charge in [0.05, 0.1) is 5.56 Å². The molecule has 0 fully saturated rings. The van der Waals surface area contributed by atoms with Gasteiger partial charge < -0.3 is 4.74 Å². The summed E-state index contributed by atoms with van der Waals surface area (Å²) in [6, 6.07) is 38.1. The molecule has 36 heavy (non-hydrogen) atoms. The number of cyclic esters (lactones) is 1. The van der Waals surface area contributed by atoms with E-state index in [1.165, 1.54) is 44.5 Å². The summed E-state index contributed by atoms with van der Waals surface area (Å²) in [7, 11) is 0. The molecule has 2 aliphatic carbocycles. The molecule has 0 unspecified atom stereocenters. The Morgan fingerprint density at radius 1 is 0.472 bits per heavy atom. The zero-order chi connectivity index (χ0) is 23.9. The molecule has 8 rings (SSSR count). The van der Waals surface area contributed by atoms with Crippen molar-refractivity contribution in [2.24, 2.45) is 0 Å². The summed E-state index contributed by atoms with van der Waals surface area (Å²) in [5.41, 5.74) is 12.9. The highest BCUT2D eigenvalue weighted by Crippen LogP contribution is 2.54. The van der Waals surface area contributed by atoms with Gasteiger partial charge in [0.1, 0.15) is 0 Å². The summed E-state index contributed by atoms with van der Waals surface area (Å²) >= 11 is 0. The molecule has 3 aliphatic rings. The molecule has 1 aliphatic heterocycles. The van der Waals surface area contributed by atoms with E-state index in [0.717, 1.165) is 29.5 Å². The van der Waals surface area contributed by atoms with Gasteiger partial charge in [-0.2, -0.15) is 0 Å². The van der Waals surface area contributed by atoms with Crippen molar-refractivity contribution in [2.45, 2.75) is 18.4 Å². The minimum absolute atomic E-state index is 0.258. The zero-order valence-electron chi connectivity index (χ0n) is 19.6. The predicted molar refractivity (Wildman–Crippen MR) is 141 cm³/mol. The van der Waals surface area contributed by atoms with Gasteiger partial charge in [-0.25, -0.2) is 4.79 Å². The molecule has 5 aromatic rings. The van der Waals surface area contributed by atoms with Gasteiger partial charge in [-0.15, -0.1) is 0 Å². The molecule has 0 atom stereocenters. The van der Waals surface area contributed by atoms with Crippen LogP contribution in [0.5, 0.6) is 0 Å². The Kier molecular flexibility index (Phi) is 3.88. The molecule has 5 aromatic carbocycles. The van der Waals surface area contributed by atoms with Crippen LogP contribution >= 0.6 is 0 Å². The quantitative estimate of drug-likeness (QED) is 0.252. The lowest BCUT2D eigenvalue weighted by Crippen LogP contribution is -2.32. The zero-order valence-corrected chi connectivity index (χ0v) is 19.6. The monoisotopic (exact) mass is 462 g/mol. The van der Waals surface area contributed by atoms with Gasteiger partial charge in [0.25, 0.3) is 0 Å². The fraction of sp³-hybridized carbons (Fsp3) is 0.0882. The van der Waals surface area contributed by atoms with E-state index in [0.29, 0.717) is 5.56 Å². The molecule has 0 aromatic heterocycles. The van der Waals surface area contributed by atoms with Crippen LogP contribution in [0.3, 0.4) is 0 Å². The smallest absolute Gasteiger partial charge is 0.340 e. The molecular weight excluding hydrogens is 440 g/mol. The highest BCUT2D eigenvalue weighted by Gasteiger charge is 2.51. The number of benzene rings is 5. The molecule has 2 nitrogen and oxygen atoms in total. The maximum Gasteiger partial charge on any atom is 0.340 e. The van der Waals surface area contributed by atoms with E-state index >= 15 is 0 Å². The Labute approximate surface area is 209 Å². The maximum absolute atomic E-state index is 13.4. The first kappa shape index (κ1) is 19.8. The molecule has 0 spiro atoms. The number of ether oxygens (including phenoxy) is 1. The van der Waals surface area contributed by atoms with E-state index in [9.17, 15) is 4.79 Å². The van der Waals surface area contributed by atoms with Gasteiger partial charge in [-0.1, -0.05) is 103 Å². The normalized spacial score (nSPS) is 15.5. The first-order chi connectivity index (χ1) is 17.8. The van der Waals surface area contributed by atoms with Crippen LogP contribution in [0.2, 0.25) is 0 Å². The Balaban J connectivity index is 1.46. The predicted octanol–water partition coefficient (Wildman–Crippen LogP) is 7.29. The van der Waals surface area contributed by atoms with Crippen molar-refractivity contribution >= 4 is 5.97 Å². The molecular formula is C34H22O2. The number of carbonyl (C=O) groups is 1. The standard InChI is InChI=1S/C34H22O2/c35-33-27-13-5-6-16-30(27)34(36-33,31-17-7-14-25-23-11-3-1-9-21(23)19-28(25)31)32-18-8-15-26-24-12-4-2-10-22(24)20-29(26)32/h1-18H,19-20H2. The van der Waals surface area contributed by atoms with Crippen molar-refractivity contribution in [2.75, 3.05) is 0 Å². The Hall–Kier alpha value is -4.43. The van der Waals surface area contributed by atoms with E-state index in [2.05, 4.69) is 91.0 Å².